The highest BCUT2D eigenvalue weighted by Gasteiger charge is 1.81. The molecule has 0 rings (SSSR count). The number of rotatable bonds is 1. The number of nitrogens with zero attached hydrogens (tertiary/aromatic N) is 1. The van der Waals surface area contributed by atoms with Gasteiger partial charge in [-0.15, -0.1) is 0 Å². The monoisotopic (exact) mass is 114 g/mol. The van der Waals surface area contributed by atoms with E-state index in [1.165, 1.54) is 0 Å². The van der Waals surface area contributed by atoms with Crippen LogP contribution in [-0.2, 0) is 0 Å². The van der Waals surface area contributed by atoms with Gasteiger partial charge in [-0.1, -0.05) is 0 Å². The first-order valence-electron chi connectivity index (χ1n) is 2.27. The maximum absolute atomic E-state index is 6.55. The maximum atomic E-state index is 6.55. The Morgan fingerprint density at radius 3 is 2.12 bits per heavy atom. The summed E-state index contributed by atoms with van der Waals surface area (Å²) in [6, 6.07) is 0. The van der Waals surface area contributed by atoms with Crippen molar-refractivity contribution in [3.05, 3.63) is 0 Å². The van der Waals surface area contributed by atoms with Crippen LogP contribution < -0.4 is 10.6 Å². The molecule has 0 atom stereocenters. The molecule has 0 fully saturated rings. The van der Waals surface area contributed by atoms with Gasteiger partial charge in [-0.25, -0.2) is 4.99 Å². The van der Waals surface area contributed by atoms with E-state index in [-0.39, 0.29) is 0 Å². The maximum Gasteiger partial charge on any atom is 0.196 e. The summed E-state index contributed by atoms with van der Waals surface area (Å²) in [6.45, 7) is 0. The van der Waals surface area contributed by atoms with E-state index in [0.29, 0.717) is 5.96 Å². The number of nitrogens with one attached hydrogen (secondary N) is 3. The summed E-state index contributed by atoms with van der Waals surface area (Å²) in [5.41, 5.74) is 0. The average molecular weight is 114 g/mol. The number of hydrogen-bond acceptors (Lipinski definition) is 1. The standard InChI is InChI=1S/C4H10N4/c1-6-4(7-2)8-3-5/h3H,1-2H3,(H3,5,6,7,8). The van der Waals surface area contributed by atoms with E-state index >= 15 is 0 Å². The van der Waals surface area contributed by atoms with E-state index < -0.39 is 0 Å². The molecular formula is C4H10N4. The van der Waals surface area contributed by atoms with Crippen LogP contribution >= 0.6 is 0 Å². The molecule has 0 aliphatic heterocycles. The van der Waals surface area contributed by atoms with Gasteiger partial charge in [0, 0.05) is 14.1 Å². The van der Waals surface area contributed by atoms with Gasteiger partial charge in [0.1, 0.15) is 6.34 Å². The van der Waals surface area contributed by atoms with Crippen LogP contribution in [0.2, 0.25) is 0 Å². The van der Waals surface area contributed by atoms with Gasteiger partial charge in [-0.05, 0) is 0 Å². The van der Waals surface area contributed by atoms with Crippen LogP contribution in [0.25, 0.3) is 0 Å². The first-order chi connectivity index (χ1) is 3.85. The van der Waals surface area contributed by atoms with E-state index in [2.05, 4.69) is 15.6 Å². The largest absolute Gasteiger partial charge is 0.359 e. The lowest BCUT2D eigenvalue weighted by Crippen LogP contribution is -2.31. The van der Waals surface area contributed by atoms with Crippen molar-refractivity contribution in [3.8, 4) is 0 Å². The van der Waals surface area contributed by atoms with Crippen LogP contribution in [0.3, 0.4) is 0 Å². The lowest BCUT2D eigenvalue weighted by molar-refractivity contribution is 1.03. The van der Waals surface area contributed by atoms with Gasteiger partial charge in [-0.2, -0.15) is 0 Å². The molecule has 0 unspecified atom stereocenters. The third-order valence-corrected chi connectivity index (χ3v) is 0.667. The highest BCUT2D eigenvalue weighted by Crippen LogP contribution is 1.58. The fourth-order valence-corrected chi connectivity index (χ4v) is 0.319. The van der Waals surface area contributed by atoms with E-state index in [0.717, 1.165) is 6.34 Å². The minimum Gasteiger partial charge on any atom is -0.359 e. The summed E-state index contributed by atoms with van der Waals surface area (Å²) in [4.78, 5) is 3.60. The van der Waals surface area contributed by atoms with Crippen molar-refractivity contribution in [2.24, 2.45) is 4.99 Å². The number of hydrogen-bond donors (Lipinski definition) is 3. The summed E-state index contributed by atoms with van der Waals surface area (Å²) in [6.07, 6.45) is 0.975. The Labute approximate surface area is 48.5 Å². The van der Waals surface area contributed by atoms with Crippen molar-refractivity contribution in [2.75, 3.05) is 14.1 Å². The SMILES string of the molecule is CNC(=NC=N)NC. The fourth-order valence-electron chi connectivity index (χ4n) is 0.319. The number of aliphatic imine (C=N–C) groups is 1. The Hall–Kier alpha value is -1.06. The van der Waals surface area contributed by atoms with Gasteiger partial charge < -0.3 is 10.6 Å². The van der Waals surface area contributed by atoms with Crippen molar-refractivity contribution >= 4 is 12.3 Å². The average Bonchev–Trinajstić information content (AvgIpc) is 1.83. The number of guanidine groups is 1. The van der Waals surface area contributed by atoms with E-state index in [9.17, 15) is 0 Å². The van der Waals surface area contributed by atoms with Crippen LogP contribution in [0.15, 0.2) is 4.99 Å². The van der Waals surface area contributed by atoms with E-state index in [1.54, 1.807) is 14.1 Å². The summed E-state index contributed by atoms with van der Waals surface area (Å²) < 4.78 is 0. The lowest BCUT2D eigenvalue weighted by atomic mass is 10.9. The molecule has 3 N–H and O–H groups in total. The minimum atomic E-state index is 0.597. The summed E-state index contributed by atoms with van der Waals surface area (Å²) in [7, 11) is 3.47. The molecule has 0 aromatic heterocycles. The molecule has 0 aromatic carbocycles. The van der Waals surface area contributed by atoms with Crippen LogP contribution in [0.1, 0.15) is 0 Å². The zero-order valence-electron chi connectivity index (χ0n) is 5.02. The molecular weight excluding hydrogens is 104 g/mol. The predicted octanol–water partition coefficient (Wildman–Crippen LogP) is -0.612. The Morgan fingerprint density at radius 1 is 1.50 bits per heavy atom. The summed E-state index contributed by atoms with van der Waals surface area (Å²) in [5, 5.41) is 12.0. The van der Waals surface area contributed by atoms with Crippen LogP contribution in [0, 0.1) is 5.41 Å². The smallest absolute Gasteiger partial charge is 0.196 e. The van der Waals surface area contributed by atoms with Gasteiger partial charge in [0.05, 0.1) is 0 Å². The van der Waals surface area contributed by atoms with E-state index in [1.807, 2.05) is 0 Å². The van der Waals surface area contributed by atoms with Gasteiger partial charge >= 0.3 is 0 Å². The first kappa shape index (κ1) is 6.94. The van der Waals surface area contributed by atoms with Crippen LogP contribution in [-0.4, -0.2) is 26.4 Å². The van der Waals surface area contributed by atoms with Gasteiger partial charge in [0.15, 0.2) is 5.96 Å². The first-order valence-corrected chi connectivity index (χ1v) is 2.27. The molecule has 0 saturated heterocycles. The Bertz CT molecular complexity index is 90.2. The lowest BCUT2D eigenvalue weighted by Gasteiger charge is -1.99. The highest BCUT2D eigenvalue weighted by atomic mass is 15.1. The van der Waals surface area contributed by atoms with Crippen molar-refractivity contribution in [1.82, 2.24) is 10.6 Å². The molecule has 4 heteroatoms. The molecule has 0 spiro atoms. The summed E-state index contributed by atoms with van der Waals surface area (Å²) in [5.74, 6) is 0.597. The molecule has 46 valence electrons. The fraction of sp³-hybridized carbons (Fsp3) is 0.500. The second kappa shape index (κ2) is 4.11. The van der Waals surface area contributed by atoms with Crippen LogP contribution in [0.4, 0.5) is 0 Å². The second-order valence-electron chi connectivity index (χ2n) is 1.11. The zero-order valence-corrected chi connectivity index (χ0v) is 5.02. The molecule has 4 nitrogen and oxygen atoms in total. The van der Waals surface area contributed by atoms with Gasteiger partial charge in [0.25, 0.3) is 0 Å². The quantitative estimate of drug-likeness (QED) is 0.314. The van der Waals surface area contributed by atoms with Crippen LogP contribution in [0.5, 0.6) is 0 Å². The Morgan fingerprint density at radius 2 is 2.00 bits per heavy atom. The minimum absolute atomic E-state index is 0.597. The molecule has 0 radical (unpaired) electrons. The molecule has 8 heavy (non-hydrogen) atoms. The van der Waals surface area contributed by atoms with Crippen molar-refractivity contribution < 1.29 is 0 Å². The molecule has 0 aromatic rings. The molecule has 0 saturated carbocycles. The molecule has 0 aliphatic rings. The normalized spacial score (nSPS) is 7.25. The highest BCUT2D eigenvalue weighted by molar-refractivity contribution is 5.85. The van der Waals surface area contributed by atoms with Crippen molar-refractivity contribution in [1.29, 1.82) is 5.41 Å². The third kappa shape index (κ3) is 2.17. The van der Waals surface area contributed by atoms with Crippen molar-refractivity contribution in [2.45, 2.75) is 0 Å². The third-order valence-electron chi connectivity index (χ3n) is 0.667. The summed E-state index contributed by atoms with van der Waals surface area (Å²) >= 11 is 0. The van der Waals surface area contributed by atoms with Gasteiger partial charge in [0.2, 0.25) is 0 Å². The molecule has 0 bridgehead atoms. The zero-order chi connectivity index (χ0) is 6.41. The molecule has 0 heterocycles. The Balaban J connectivity index is 3.66. The second-order valence-corrected chi connectivity index (χ2v) is 1.11. The Kier molecular flexibility index (Phi) is 3.56. The molecule has 0 aliphatic carbocycles. The van der Waals surface area contributed by atoms with Gasteiger partial charge in [-0.3, -0.25) is 5.41 Å². The van der Waals surface area contributed by atoms with E-state index in [4.69, 9.17) is 5.41 Å². The topological polar surface area (TPSA) is 60.3 Å². The molecule has 0 amide bonds. The predicted molar refractivity (Wildman–Crippen MR) is 34.3 cm³/mol. The van der Waals surface area contributed by atoms with Crippen molar-refractivity contribution in [3.63, 3.8) is 0 Å².